The second-order valence-corrected chi connectivity index (χ2v) is 9.55. The van der Waals surface area contributed by atoms with Gasteiger partial charge >= 0.3 is 12.1 Å². The van der Waals surface area contributed by atoms with Crippen LogP contribution < -0.4 is 20.1 Å². The molecule has 0 saturated carbocycles. The zero-order valence-electron chi connectivity index (χ0n) is 22.1. The highest BCUT2D eigenvalue weighted by Crippen LogP contribution is 2.29. The molecule has 0 spiro atoms. The van der Waals surface area contributed by atoms with Crippen LogP contribution in [0.25, 0.3) is 0 Å². The number of ether oxygens (including phenoxy) is 3. The zero-order chi connectivity index (χ0) is 27.5. The summed E-state index contributed by atoms with van der Waals surface area (Å²) in [6.45, 7) is 6.29. The third-order valence-electron chi connectivity index (χ3n) is 5.27. The molecule has 38 heavy (non-hydrogen) atoms. The molecule has 0 heterocycles. The van der Waals surface area contributed by atoms with Gasteiger partial charge in [0, 0.05) is 25.3 Å². The average Bonchev–Trinajstić information content (AvgIpc) is 2.88. The Morgan fingerprint density at radius 1 is 0.921 bits per heavy atom. The highest BCUT2D eigenvalue weighted by atomic mass is 19.1. The summed E-state index contributed by atoms with van der Waals surface area (Å²) >= 11 is 0. The first-order valence-electron chi connectivity index (χ1n) is 12.2. The van der Waals surface area contributed by atoms with Gasteiger partial charge in [-0.3, -0.25) is 0 Å². The Morgan fingerprint density at radius 2 is 1.63 bits per heavy atom. The number of carbonyl (C=O) groups is 2. The molecule has 2 N–H and O–H groups in total. The fraction of sp³-hybridized carbons (Fsp3) is 0.310. The number of hydrogen-bond donors (Lipinski definition) is 2. The fourth-order valence-corrected chi connectivity index (χ4v) is 3.48. The number of halogens is 1. The van der Waals surface area contributed by atoms with Gasteiger partial charge in [0.25, 0.3) is 0 Å². The normalized spacial score (nSPS) is 10.9. The van der Waals surface area contributed by atoms with E-state index in [0.29, 0.717) is 23.8 Å². The molecule has 8 nitrogen and oxygen atoms in total. The monoisotopic (exact) mass is 523 g/mol. The van der Waals surface area contributed by atoms with E-state index in [1.54, 1.807) is 40.0 Å². The Bertz CT molecular complexity index is 1200. The van der Waals surface area contributed by atoms with Crippen LogP contribution in [-0.4, -0.2) is 42.8 Å². The lowest BCUT2D eigenvalue weighted by molar-refractivity contribution is 0.0523. The van der Waals surface area contributed by atoms with Crippen molar-refractivity contribution in [3.63, 3.8) is 0 Å². The summed E-state index contributed by atoms with van der Waals surface area (Å²) < 4.78 is 30.0. The number of anilines is 1. The molecule has 3 amide bonds. The summed E-state index contributed by atoms with van der Waals surface area (Å²) in [5, 5.41) is 5.43. The highest BCUT2D eigenvalue weighted by molar-refractivity contribution is 5.89. The van der Waals surface area contributed by atoms with Gasteiger partial charge in [-0.25, -0.2) is 14.0 Å². The lowest BCUT2D eigenvalue weighted by Gasteiger charge is -2.25. The zero-order valence-corrected chi connectivity index (χ0v) is 22.1. The largest absolute Gasteiger partial charge is 0.493 e. The van der Waals surface area contributed by atoms with Crippen LogP contribution in [0.15, 0.2) is 72.8 Å². The quantitative estimate of drug-likeness (QED) is 0.342. The van der Waals surface area contributed by atoms with E-state index in [1.807, 2.05) is 36.4 Å². The van der Waals surface area contributed by atoms with Crippen LogP contribution in [0.2, 0.25) is 0 Å². The molecule has 3 rings (SSSR count). The number of rotatable bonds is 10. The van der Waals surface area contributed by atoms with Gasteiger partial charge in [-0.05, 0) is 68.3 Å². The molecule has 0 fully saturated rings. The van der Waals surface area contributed by atoms with Gasteiger partial charge in [-0.15, -0.1) is 0 Å². The van der Waals surface area contributed by atoms with E-state index in [-0.39, 0.29) is 19.6 Å². The SMILES string of the molecule is COc1cc(CN(CCNC(=O)OC(C)(C)C)C(=O)Nc2ccc(F)cc2)ccc1OCc1ccccc1. The van der Waals surface area contributed by atoms with Gasteiger partial charge in [0.2, 0.25) is 0 Å². The molecule has 0 radical (unpaired) electrons. The van der Waals surface area contributed by atoms with Crippen LogP contribution in [0.5, 0.6) is 11.5 Å². The Labute approximate surface area is 222 Å². The second kappa shape index (κ2) is 13.3. The van der Waals surface area contributed by atoms with Crippen LogP contribution in [0.1, 0.15) is 31.9 Å². The van der Waals surface area contributed by atoms with Crippen LogP contribution in [-0.2, 0) is 17.9 Å². The van der Waals surface area contributed by atoms with Gasteiger partial charge in [0.15, 0.2) is 11.5 Å². The van der Waals surface area contributed by atoms with E-state index in [2.05, 4.69) is 10.6 Å². The van der Waals surface area contributed by atoms with Gasteiger partial charge in [0.1, 0.15) is 18.0 Å². The summed E-state index contributed by atoms with van der Waals surface area (Å²) in [6.07, 6.45) is -0.571. The molecule has 0 aliphatic heterocycles. The van der Waals surface area contributed by atoms with Crippen LogP contribution in [0.3, 0.4) is 0 Å². The molecule has 3 aromatic rings. The number of amides is 3. The van der Waals surface area contributed by atoms with E-state index in [9.17, 15) is 14.0 Å². The maximum Gasteiger partial charge on any atom is 0.407 e. The lowest BCUT2D eigenvalue weighted by Crippen LogP contribution is -2.41. The predicted molar refractivity (Wildman–Crippen MR) is 144 cm³/mol. The van der Waals surface area contributed by atoms with Crippen molar-refractivity contribution < 1.29 is 28.2 Å². The summed E-state index contributed by atoms with van der Waals surface area (Å²) in [7, 11) is 1.55. The first-order valence-corrected chi connectivity index (χ1v) is 12.2. The molecular formula is C29H34FN3O5. The first kappa shape index (κ1) is 28.3. The summed E-state index contributed by atoms with van der Waals surface area (Å²) in [5.74, 6) is 0.710. The molecule has 0 aliphatic rings. The smallest absolute Gasteiger partial charge is 0.407 e. The Morgan fingerprint density at radius 3 is 2.29 bits per heavy atom. The topological polar surface area (TPSA) is 89.1 Å². The van der Waals surface area contributed by atoms with Crippen molar-refractivity contribution >= 4 is 17.8 Å². The van der Waals surface area contributed by atoms with Crippen molar-refractivity contribution in [2.45, 2.75) is 39.5 Å². The summed E-state index contributed by atoms with van der Waals surface area (Å²) in [6, 6.07) is 20.3. The second-order valence-electron chi connectivity index (χ2n) is 9.55. The number of benzene rings is 3. The number of hydrogen-bond acceptors (Lipinski definition) is 5. The minimum Gasteiger partial charge on any atom is -0.493 e. The Hall–Kier alpha value is -4.27. The Kier molecular flexibility index (Phi) is 9.92. The van der Waals surface area contributed by atoms with Crippen molar-refractivity contribution in [1.82, 2.24) is 10.2 Å². The minimum atomic E-state index is -0.634. The van der Waals surface area contributed by atoms with Crippen molar-refractivity contribution in [3.05, 3.63) is 89.7 Å². The van der Waals surface area contributed by atoms with Gasteiger partial charge in [-0.1, -0.05) is 36.4 Å². The van der Waals surface area contributed by atoms with Gasteiger partial charge in [0.05, 0.1) is 7.11 Å². The first-order chi connectivity index (χ1) is 18.1. The number of methoxy groups -OCH3 is 1. The molecule has 0 unspecified atom stereocenters. The van der Waals surface area contributed by atoms with Crippen molar-refractivity contribution in [1.29, 1.82) is 0 Å². The maximum absolute atomic E-state index is 13.3. The summed E-state index contributed by atoms with van der Waals surface area (Å²) in [4.78, 5) is 26.7. The molecule has 0 saturated heterocycles. The average molecular weight is 524 g/mol. The highest BCUT2D eigenvalue weighted by Gasteiger charge is 2.19. The number of alkyl carbamates (subject to hydrolysis) is 1. The third kappa shape index (κ3) is 9.31. The van der Waals surface area contributed by atoms with E-state index in [0.717, 1.165) is 11.1 Å². The molecule has 0 aliphatic carbocycles. The predicted octanol–water partition coefficient (Wildman–Crippen LogP) is 5.97. The fourth-order valence-electron chi connectivity index (χ4n) is 3.48. The van der Waals surface area contributed by atoms with E-state index in [4.69, 9.17) is 14.2 Å². The van der Waals surface area contributed by atoms with Gasteiger partial charge < -0.3 is 29.7 Å². The van der Waals surface area contributed by atoms with E-state index in [1.165, 1.54) is 29.2 Å². The van der Waals surface area contributed by atoms with Crippen molar-refractivity contribution in [2.24, 2.45) is 0 Å². The molecular weight excluding hydrogens is 489 g/mol. The van der Waals surface area contributed by atoms with E-state index >= 15 is 0 Å². The minimum absolute atomic E-state index is 0.168. The third-order valence-corrected chi connectivity index (χ3v) is 5.27. The summed E-state index contributed by atoms with van der Waals surface area (Å²) in [5.41, 5.74) is 1.63. The van der Waals surface area contributed by atoms with Crippen LogP contribution in [0, 0.1) is 5.82 Å². The van der Waals surface area contributed by atoms with Crippen LogP contribution in [0.4, 0.5) is 19.7 Å². The van der Waals surface area contributed by atoms with Crippen LogP contribution >= 0.6 is 0 Å². The van der Waals surface area contributed by atoms with Gasteiger partial charge in [-0.2, -0.15) is 0 Å². The maximum atomic E-state index is 13.3. The van der Waals surface area contributed by atoms with E-state index < -0.39 is 23.5 Å². The number of carbonyl (C=O) groups excluding carboxylic acids is 2. The molecule has 9 heteroatoms. The van der Waals surface area contributed by atoms with Crippen molar-refractivity contribution in [3.8, 4) is 11.5 Å². The molecule has 0 atom stereocenters. The number of nitrogens with one attached hydrogen (secondary N) is 2. The molecule has 3 aromatic carbocycles. The number of nitrogens with zero attached hydrogens (tertiary/aromatic N) is 1. The van der Waals surface area contributed by atoms with Crippen molar-refractivity contribution in [2.75, 3.05) is 25.5 Å². The standard InChI is InChI=1S/C29H34FN3O5/c1-29(2,3)38-28(35)31-16-17-33(27(34)32-24-13-11-23(30)12-14-24)19-22-10-15-25(26(18-22)36-4)37-20-21-8-6-5-7-9-21/h5-15,18H,16-17,19-20H2,1-4H3,(H,31,35)(H,32,34). The molecule has 0 aromatic heterocycles. The Balaban J connectivity index is 1.70. The molecule has 202 valence electrons. The number of urea groups is 1. The lowest BCUT2D eigenvalue weighted by atomic mass is 10.2. The molecule has 0 bridgehead atoms.